The third-order valence-corrected chi connectivity index (χ3v) is 3.65. The molecule has 2 rings (SSSR count). The van der Waals surface area contributed by atoms with E-state index in [0.29, 0.717) is 27.1 Å². The van der Waals surface area contributed by atoms with E-state index in [-0.39, 0.29) is 5.91 Å². The second kappa shape index (κ2) is 8.22. The van der Waals surface area contributed by atoms with Crippen LogP contribution in [-0.2, 0) is 0 Å². The zero-order valence-electron chi connectivity index (χ0n) is 12.2. The van der Waals surface area contributed by atoms with Crippen molar-refractivity contribution in [1.29, 1.82) is 5.26 Å². The Kier molecular flexibility index (Phi) is 6.03. The van der Waals surface area contributed by atoms with Crippen LogP contribution in [0.2, 0.25) is 5.02 Å². The van der Waals surface area contributed by atoms with Crippen LogP contribution in [0, 0.1) is 11.5 Å². The van der Waals surface area contributed by atoms with E-state index in [0.717, 1.165) is 0 Å². The first-order chi connectivity index (χ1) is 11.1. The molecule has 0 spiro atoms. The van der Waals surface area contributed by atoms with Gasteiger partial charge in [-0.25, -0.2) is 4.99 Å². The zero-order valence-corrected chi connectivity index (χ0v) is 13.8. The van der Waals surface area contributed by atoms with Gasteiger partial charge in [0, 0.05) is 16.3 Å². The number of amides is 1. The summed E-state index contributed by atoms with van der Waals surface area (Å²) < 4.78 is 0. The Labute approximate surface area is 143 Å². The molecule has 0 bridgehead atoms. The second-order valence-corrected chi connectivity index (χ2v) is 5.60. The zero-order chi connectivity index (χ0) is 16.7. The molecule has 0 saturated carbocycles. The lowest BCUT2D eigenvalue weighted by atomic mass is 10.2. The minimum Gasteiger partial charge on any atom is -0.322 e. The van der Waals surface area contributed by atoms with Crippen LogP contribution >= 0.6 is 23.4 Å². The molecule has 23 heavy (non-hydrogen) atoms. The van der Waals surface area contributed by atoms with Crippen molar-refractivity contribution in [2.45, 2.75) is 0 Å². The Balaban J connectivity index is 2.08. The third-order valence-electron chi connectivity index (χ3n) is 2.82. The number of amidine groups is 1. The van der Waals surface area contributed by atoms with Crippen LogP contribution in [0.5, 0.6) is 0 Å². The van der Waals surface area contributed by atoms with E-state index >= 15 is 0 Å². The molecule has 0 fully saturated rings. The molecule has 5 nitrogen and oxygen atoms in total. The van der Waals surface area contributed by atoms with Crippen LogP contribution in [0.15, 0.2) is 53.5 Å². The highest BCUT2D eigenvalue weighted by Gasteiger charge is 2.06. The van der Waals surface area contributed by atoms with Gasteiger partial charge in [0.25, 0.3) is 5.91 Å². The van der Waals surface area contributed by atoms with Crippen molar-refractivity contribution in [3.8, 4) is 6.19 Å². The van der Waals surface area contributed by atoms with Gasteiger partial charge in [-0.15, -0.1) is 0 Å². The highest BCUT2D eigenvalue weighted by molar-refractivity contribution is 8.13. The van der Waals surface area contributed by atoms with Crippen LogP contribution in [-0.4, -0.2) is 17.3 Å². The van der Waals surface area contributed by atoms with E-state index < -0.39 is 0 Å². The maximum atomic E-state index is 12.2. The molecule has 2 N–H and O–H groups in total. The summed E-state index contributed by atoms with van der Waals surface area (Å²) in [7, 11) is 0. The smallest absolute Gasteiger partial charge is 0.255 e. The van der Waals surface area contributed by atoms with Gasteiger partial charge >= 0.3 is 0 Å². The van der Waals surface area contributed by atoms with Crippen molar-refractivity contribution >= 4 is 45.8 Å². The largest absolute Gasteiger partial charge is 0.322 e. The lowest BCUT2D eigenvalue weighted by molar-refractivity contribution is 0.102. The molecular formula is C16H13ClN4OS. The fraction of sp³-hybridized carbons (Fsp3) is 0.0625. The minimum atomic E-state index is -0.219. The number of rotatable bonds is 3. The summed E-state index contributed by atoms with van der Waals surface area (Å²) in [4.78, 5) is 16.4. The predicted molar refractivity (Wildman–Crippen MR) is 95.2 cm³/mol. The number of nitrogens with zero attached hydrogens (tertiary/aromatic N) is 2. The molecule has 0 unspecified atom stereocenters. The van der Waals surface area contributed by atoms with E-state index in [1.54, 1.807) is 48.5 Å². The van der Waals surface area contributed by atoms with Crippen molar-refractivity contribution in [3.63, 3.8) is 0 Å². The van der Waals surface area contributed by atoms with Crippen molar-refractivity contribution in [1.82, 2.24) is 5.32 Å². The lowest BCUT2D eigenvalue weighted by Crippen LogP contribution is -2.12. The van der Waals surface area contributed by atoms with Gasteiger partial charge in [0.1, 0.15) is 0 Å². The van der Waals surface area contributed by atoms with Crippen LogP contribution < -0.4 is 10.6 Å². The number of hydrogen-bond donors (Lipinski definition) is 2. The summed E-state index contributed by atoms with van der Waals surface area (Å²) in [6, 6.07) is 13.7. The topological polar surface area (TPSA) is 77.3 Å². The third kappa shape index (κ3) is 5.02. The lowest BCUT2D eigenvalue weighted by Gasteiger charge is -2.06. The van der Waals surface area contributed by atoms with E-state index in [1.165, 1.54) is 11.8 Å². The van der Waals surface area contributed by atoms with Gasteiger partial charge in [-0.3, -0.25) is 10.1 Å². The normalized spacial score (nSPS) is 10.7. The van der Waals surface area contributed by atoms with Crippen molar-refractivity contribution in [3.05, 3.63) is 59.1 Å². The number of anilines is 1. The van der Waals surface area contributed by atoms with Crippen molar-refractivity contribution < 1.29 is 4.79 Å². The maximum Gasteiger partial charge on any atom is 0.255 e. The van der Waals surface area contributed by atoms with Crippen molar-refractivity contribution in [2.24, 2.45) is 4.99 Å². The Bertz CT molecular complexity index is 751. The molecule has 116 valence electrons. The van der Waals surface area contributed by atoms with E-state index in [2.05, 4.69) is 15.6 Å². The number of carbonyl (C=O) groups excluding carboxylic acids is 1. The monoisotopic (exact) mass is 344 g/mol. The summed E-state index contributed by atoms with van der Waals surface area (Å²) >= 11 is 7.14. The van der Waals surface area contributed by atoms with E-state index in [1.807, 2.05) is 12.4 Å². The van der Waals surface area contributed by atoms with Crippen LogP contribution in [0.25, 0.3) is 0 Å². The number of nitrogens with one attached hydrogen (secondary N) is 2. The number of halogens is 1. The van der Waals surface area contributed by atoms with Crippen LogP contribution in [0.1, 0.15) is 10.4 Å². The standard InChI is InChI=1S/C16H13ClN4OS/c1-23-16(19-10-18)21-14-6-2-11(3-7-14)15(22)20-13-8-4-12(17)5-9-13/h2-9H,1H3,(H,19,21)(H,20,22). The first kappa shape index (κ1) is 16.9. The molecule has 0 aliphatic heterocycles. The maximum absolute atomic E-state index is 12.2. The van der Waals surface area contributed by atoms with Gasteiger partial charge in [0.2, 0.25) is 0 Å². The highest BCUT2D eigenvalue weighted by atomic mass is 35.5. The summed E-state index contributed by atoms with van der Waals surface area (Å²) in [5, 5.41) is 15.0. The van der Waals surface area contributed by atoms with Crippen LogP contribution in [0.4, 0.5) is 11.4 Å². The van der Waals surface area contributed by atoms with Gasteiger partial charge in [-0.05, 0) is 54.8 Å². The minimum absolute atomic E-state index is 0.219. The van der Waals surface area contributed by atoms with Gasteiger partial charge in [-0.1, -0.05) is 23.4 Å². The SMILES string of the molecule is CSC(=Nc1ccc(C(=O)Nc2ccc(Cl)cc2)cc1)NC#N. The van der Waals surface area contributed by atoms with Gasteiger partial charge < -0.3 is 5.32 Å². The fourth-order valence-corrected chi connectivity index (χ4v) is 2.18. The average Bonchev–Trinajstić information content (AvgIpc) is 2.57. The first-order valence-corrected chi connectivity index (χ1v) is 8.17. The summed E-state index contributed by atoms with van der Waals surface area (Å²) in [6.45, 7) is 0. The summed E-state index contributed by atoms with van der Waals surface area (Å²) in [6.07, 6.45) is 3.64. The Morgan fingerprint density at radius 3 is 2.39 bits per heavy atom. The number of benzene rings is 2. The van der Waals surface area contributed by atoms with Crippen LogP contribution in [0.3, 0.4) is 0 Å². The summed E-state index contributed by atoms with van der Waals surface area (Å²) in [5.74, 6) is -0.219. The fourth-order valence-electron chi connectivity index (χ4n) is 1.71. The Morgan fingerprint density at radius 2 is 1.83 bits per heavy atom. The number of thioether (sulfide) groups is 1. The molecule has 2 aromatic carbocycles. The van der Waals surface area contributed by atoms with E-state index in [4.69, 9.17) is 16.9 Å². The van der Waals surface area contributed by atoms with Gasteiger partial charge in [0.05, 0.1) is 5.69 Å². The molecule has 0 aliphatic rings. The number of nitriles is 1. The first-order valence-electron chi connectivity index (χ1n) is 6.57. The molecule has 0 heterocycles. The molecule has 0 radical (unpaired) electrons. The van der Waals surface area contributed by atoms with Gasteiger partial charge in [-0.2, -0.15) is 5.26 Å². The van der Waals surface area contributed by atoms with Crippen molar-refractivity contribution in [2.75, 3.05) is 11.6 Å². The number of carbonyl (C=O) groups is 1. The molecule has 7 heteroatoms. The average molecular weight is 345 g/mol. The quantitative estimate of drug-likeness (QED) is 0.381. The highest BCUT2D eigenvalue weighted by Crippen LogP contribution is 2.17. The summed E-state index contributed by atoms with van der Waals surface area (Å²) in [5.41, 5.74) is 1.84. The Morgan fingerprint density at radius 1 is 1.17 bits per heavy atom. The second-order valence-electron chi connectivity index (χ2n) is 4.37. The molecule has 0 aromatic heterocycles. The number of aliphatic imine (C=N–C) groups is 1. The molecule has 1 amide bonds. The predicted octanol–water partition coefficient (Wildman–Crippen LogP) is 4.01. The molecular weight excluding hydrogens is 332 g/mol. The number of hydrogen-bond acceptors (Lipinski definition) is 4. The molecule has 0 aliphatic carbocycles. The molecule has 0 atom stereocenters. The molecule has 2 aromatic rings. The Hall–Kier alpha value is -2.49. The van der Waals surface area contributed by atoms with Gasteiger partial charge in [0.15, 0.2) is 11.4 Å². The molecule has 0 saturated heterocycles. The van der Waals surface area contributed by atoms with E-state index in [9.17, 15) is 4.79 Å².